The Balaban J connectivity index is 0.00000180. The second kappa shape index (κ2) is 8.77. The Labute approximate surface area is 122 Å². The first kappa shape index (κ1) is 16.7. The van der Waals surface area contributed by atoms with Gasteiger partial charge in [0.05, 0.1) is 6.54 Å². The van der Waals surface area contributed by atoms with E-state index in [0.717, 1.165) is 32.5 Å². The van der Waals surface area contributed by atoms with Crippen molar-refractivity contribution in [2.75, 3.05) is 26.2 Å². The van der Waals surface area contributed by atoms with Crippen LogP contribution in [0.2, 0.25) is 0 Å². The average Bonchev–Trinajstić information content (AvgIpc) is 2.40. The van der Waals surface area contributed by atoms with Gasteiger partial charge in [0.25, 0.3) is 0 Å². The highest BCUT2D eigenvalue weighted by Crippen LogP contribution is 2.18. The number of nitrogens with one attached hydrogen (secondary N) is 1. The van der Waals surface area contributed by atoms with Crippen LogP contribution in [0.25, 0.3) is 0 Å². The van der Waals surface area contributed by atoms with Crippen molar-refractivity contribution in [1.82, 2.24) is 10.2 Å². The fourth-order valence-corrected chi connectivity index (χ4v) is 3.10. The third-order valence-electron chi connectivity index (χ3n) is 4.38. The van der Waals surface area contributed by atoms with Crippen LogP contribution in [-0.4, -0.2) is 43.0 Å². The molecule has 0 aromatic rings. The summed E-state index contributed by atoms with van der Waals surface area (Å²) in [6.45, 7) is 3.43. The summed E-state index contributed by atoms with van der Waals surface area (Å²) in [6, 6.07) is 0.438. The molecule has 1 saturated carbocycles. The van der Waals surface area contributed by atoms with Gasteiger partial charge in [0, 0.05) is 6.04 Å². The van der Waals surface area contributed by atoms with Crippen LogP contribution in [0.4, 0.5) is 0 Å². The maximum atomic E-state index is 12.0. The fourth-order valence-electron chi connectivity index (χ4n) is 3.10. The summed E-state index contributed by atoms with van der Waals surface area (Å²) in [7, 11) is 0. The zero-order valence-electron chi connectivity index (χ0n) is 11.8. The molecule has 1 aliphatic carbocycles. The van der Waals surface area contributed by atoms with E-state index in [0.29, 0.717) is 18.5 Å². The van der Waals surface area contributed by atoms with E-state index in [1.807, 2.05) is 0 Å². The van der Waals surface area contributed by atoms with E-state index in [-0.39, 0.29) is 18.3 Å². The number of amides is 1. The monoisotopic (exact) mass is 289 g/mol. The number of carbonyl (C=O) groups is 1. The summed E-state index contributed by atoms with van der Waals surface area (Å²) in [6.07, 6.45) is 8.50. The van der Waals surface area contributed by atoms with E-state index >= 15 is 0 Å². The predicted octanol–water partition coefficient (Wildman–Crippen LogP) is 1.53. The molecule has 112 valence electrons. The Morgan fingerprint density at radius 1 is 1.11 bits per heavy atom. The molecule has 1 aliphatic heterocycles. The molecule has 3 N–H and O–H groups in total. The van der Waals surface area contributed by atoms with Crippen molar-refractivity contribution in [2.24, 2.45) is 11.7 Å². The molecule has 2 fully saturated rings. The summed E-state index contributed by atoms with van der Waals surface area (Å²) in [5.41, 5.74) is 5.68. The quantitative estimate of drug-likeness (QED) is 0.825. The molecule has 1 heterocycles. The molecule has 1 amide bonds. The molecule has 0 atom stereocenters. The number of rotatable bonds is 4. The summed E-state index contributed by atoms with van der Waals surface area (Å²) >= 11 is 0. The van der Waals surface area contributed by atoms with Crippen LogP contribution in [0.1, 0.15) is 44.9 Å². The highest BCUT2D eigenvalue weighted by Gasteiger charge is 2.21. The molecule has 4 nitrogen and oxygen atoms in total. The Kier molecular flexibility index (Phi) is 7.73. The molecule has 0 aromatic heterocycles. The fraction of sp³-hybridized carbons (Fsp3) is 0.929. The van der Waals surface area contributed by atoms with Crippen LogP contribution in [0.5, 0.6) is 0 Å². The molecular weight excluding hydrogens is 262 g/mol. The zero-order valence-corrected chi connectivity index (χ0v) is 12.6. The second-order valence-corrected chi connectivity index (χ2v) is 5.86. The van der Waals surface area contributed by atoms with E-state index in [9.17, 15) is 4.79 Å². The molecule has 2 aliphatic rings. The van der Waals surface area contributed by atoms with E-state index in [2.05, 4.69) is 10.2 Å². The summed E-state index contributed by atoms with van der Waals surface area (Å²) < 4.78 is 0. The third kappa shape index (κ3) is 5.67. The molecular formula is C14H28ClN3O. The molecule has 0 spiro atoms. The van der Waals surface area contributed by atoms with Gasteiger partial charge < -0.3 is 11.1 Å². The van der Waals surface area contributed by atoms with Gasteiger partial charge in [0.1, 0.15) is 0 Å². The zero-order chi connectivity index (χ0) is 12.8. The van der Waals surface area contributed by atoms with Crippen molar-refractivity contribution in [1.29, 1.82) is 0 Å². The number of nitrogens with two attached hydrogens (primary N) is 1. The van der Waals surface area contributed by atoms with Gasteiger partial charge in [-0.3, -0.25) is 9.69 Å². The van der Waals surface area contributed by atoms with Gasteiger partial charge in [-0.2, -0.15) is 0 Å². The van der Waals surface area contributed by atoms with Crippen LogP contribution in [0, 0.1) is 5.92 Å². The summed E-state index contributed by atoms with van der Waals surface area (Å²) in [5, 5.41) is 3.19. The van der Waals surface area contributed by atoms with Crippen molar-refractivity contribution < 1.29 is 4.79 Å². The molecule has 0 unspecified atom stereocenters. The van der Waals surface area contributed by atoms with Gasteiger partial charge in [-0.25, -0.2) is 0 Å². The lowest BCUT2D eigenvalue weighted by molar-refractivity contribution is -0.123. The van der Waals surface area contributed by atoms with E-state index < -0.39 is 0 Å². The lowest BCUT2D eigenvalue weighted by Gasteiger charge is -2.31. The van der Waals surface area contributed by atoms with Crippen molar-refractivity contribution in [3.8, 4) is 0 Å². The highest BCUT2D eigenvalue weighted by molar-refractivity contribution is 5.85. The molecule has 19 heavy (non-hydrogen) atoms. The van der Waals surface area contributed by atoms with Gasteiger partial charge in [-0.1, -0.05) is 19.3 Å². The van der Waals surface area contributed by atoms with Crippen molar-refractivity contribution >= 4 is 18.3 Å². The van der Waals surface area contributed by atoms with Gasteiger partial charge in [0.2, 0.25) is 5.91 Å². The van der Waals surface area contributed by atoms with E-state index in [4.69, 9.17) is 5.73 Å². The Morgan fingerprint density at radius 2 is 1.74 bits per heavy atom. The Morgan fingerprint density at radius 3 is 2.32 bits per heavy atom. The minimum Gasteiger partial charge on any atom is -0.352 e. The lowest BCUT2D eigenvalue weighted by Crippen LogP contribution is -2.45. The van der Waals surface area contributed by atoms with Gasteiger partial charge in [0.15, 0.2) is 0 Å². The van der Waals surface area contributed by atoms with Gasteiger partial charge in [-0.05, 0) is 51.2 Å². The number of hydrogen-bond donors (Lipinski definition) is 2. The SMILES string of the molecule is Cl.NCC1CCN(CC(=O)NC2CCCCC2)CC1. The lowest BCUT2D eigenvalue weighted by atomic mass is 9.95. The number of hydrogen-bond acceptors (Lipinski definition) is 3. The smallest absolute Gasteiger partial charge is 0.234 e. The normalized spacial score (nSPS) is 22.8. The minimum absolute atomic E-state index is 0. The first-order valence-corrected chi connectivity index (χ1v) is 7.49. The minimum atomic E-state index is 0. The first-order valence-electron chi connectivity index (χ1n) is 7.49. The molecule has 0 bridgehead atoms. The van der Waals surface area contributed by atoms with Gasteiger partial charge >= 0.3 is 0 Å². The third-order valence-corrected chi connectivity index (χ3v) is 4.38. The highest BCUT2D eigenvalue weighted by atomic mass is 35.5. The maximum absolute atomic E-state index is 12.0. The van der Waals surface area contributed by atoms with Crippen LogP contribution in [0.3, 0.4) is 0 Å². The number of halogens is 1. The molecule has 5 heteroatoms. The van der Waals surface area contributed by atoms with Gasteiger partial charge in [-0.15, -0.1) is 12.4 Å². The number of carbonyl (C=O) groups excluding carboxylic acids is 1. The number of nitrogens with zero attached hydrogens (tertiary/aromatic N) is 1. The molecule has 0 radical (unpaired) electrons. The first-order chi connectivity index (χ1) is 8.78. The Hall–Kier alpha value is -0.320. The van der Waals surface area contributed by atoms with Crippen molar-refractivity contribution in [2.45, 2.75) is 51.0 Å². The van der Waals surface area contributed by atoms with E-state index in [1.165, 1.54) is 32.1 Å². The van der Waals surface area contributed by atoms with E-state index in [1.54, 1.807) is 0 Å². The van der Waals surface area contributed by atoms with Crippen LogP contribution in [0.15, 0.2) is 0 Å². The number of likely N-dealkylation sites (tertiary alicyclic amines) is 1. The second-order valence-electron chi connectivity index (χ2n) is 5.86. The van der Waals surface area contributed by atoms with Crippen molar-refractivity contribution in [3.05, 3.63) is 0 Å². The molecule has 0 aromatic carbocycles. The van der Waals surface area contributed by atoms with Crippen LogP contribution >= 0.6 is 12.4 Å². The molecule has 1 saturated heterocycles. The molecule has 2 rings (SSSR count). The van der Waals surface area contributed by atoms with Crippen LogP contribution < -0.4 is 11.1 Å². The topological polar surface area (TPSA) is 58.4 Å². The predicted molar refractivity (Wildman–Crippen MR) is 80.5 cm³/mol. The van der Waals surface area contributed by atoms with Crippen molar-refractivity contribution in [3.63, 3.8) is 0 Å². The summed E-state index contributed by atoms with van der Waals surface area (Å²) in [5.74, 6) is 0.885. The average molecular weight is 290 g/mol. The largest absolute Gasteiger partial charge is 0.352 e. The van der Waals surface area contributed by atoms with Crippen LogP contribution in [-0.2, 0) is 4.79 Å². The maximum Gasteiger partial charge on any atom is 0.234 e. The number of piperidine rings is 1. The Bertz CT molecular complexity index is 261. The standard InChI is InChI=1S/C14H27N3O.ClH/c15-10-12-6-8-17(9-7-12)11-14(18)16-13-4-2-1-3-5-13;/h12-13H,1-11,15H2,(H,16,18);1H. The summed E-state index contributed by atoms with van der Waals surface area (Å²) in [4.78, 5) is 14.2.